The van der Waals surface area contributed by atoms with E-state index in [1.54, 1.807) is 65.6 Å². The van der Waals surface area contributed by atoms with Crippen LogP contribution < -0.4 is 20.3 Å². The first-order valence-corrected chi connectivity index (χ1v) is 13.6. The van der Waals surface area contributed by atoms with E-state index in [9.17, 15) is 9.59 Å². The molecule has 0 radical (unpaired) electrons. The topological polar surface area (TPSA) is 87.4 Å². The molecule has 0 fully saturated rings. The highest BCUT2D eigenvalue weighted by Gasteiger charge is 2.22. The van der Waals surface area contributed by atoms with Crippen molar-refractivity contribution in [3.63, 3.8) is 0 Å². The highest BCUT2D eigenvalue weighted by atomic mass is 35.5. The first-order valence-electron chi connectivity index (χ1n) is 11.5. The number of methoxy groups -OCH3 is 2. The highest BCUT2D eigenvalue weighted by molar-refractivity contribution is 7.16. The van der Waals surface area contributed by atoms with Crippen molar-refractivity contribution in [3.05, 3.63) is 102 Å². The fraction of sp³-hybridized carbons (Fsp3) is 0.148. The minimum absolute atomic E-state index is 0.198. The molecule has 4 heterocycles. The van der Waals surface area contributed by atoms with Gasteiger partial charge in [0.25, 0.3) is 11.5 Å². The number of carbonyl (C=O) groups excluding carboxylic acids is 1. The van der Waals surface area contributed by atoms with Crippen LogP contribution in [0.2, 0.25) is 4.34 Å². The lowest BCUT2D eigenvalue weighted by Crippen LogP contribution is -2.21. The largest absolute Gasteiger partial charge is 0.497 e. The predicted molar refractivity (Wildman–Crippen MR) is 151 cm³/mol. The third kappa shape index (κ3) is 5.38. The van der Waals surface area contributed by atoms with Crippen LogP contribution in [0.15, 0.2) is 77.0 Å². The maximum Gasteiger partial charge on any atom is 0.283 e. The van der Waals surface area contributed by atoms with Crippen molar-refractivity contribution >= 4 is 46.0 Å². The molecule has 0 amide bonds. The molecule has 0 aliphatic carbocycles. The number of ether oxygens (including phenoxy) is 2. The van der Waals surface area contributed by atoms with E-state index < -0.39 is 5.91 Å². The van der Waals surface area contributed by atoms with E-state index in [0.29, 0.717) is 51.6 Å². The minimum atomic E-state index is -0.419. The van der Waals surface area contributed by atoms with Gasteiger partial charge < -0.3 is 19.4 Å². The molecule has 5 rings (SSSR count). The summed E-state index contributed by atoms with van der Waals surface area (Å²) < 4.78 is 14.3. The Bertz CT molecular complexity index is 1640. The van der Waals surface area contributed by atoms with Gasteiger partial charge in [-0.1, -0.05) is 17.7 Å². The number of halogens is 1. The van der Waals surface area contributed by atoms with Crippen molar-refractivity contribution in [2.24, 2.45) is 0 Å². The van der Waals surface area contributed by atoms with Gasteiger partial charge in [0.05, 0.1) is 42.8 Å². The molecular weight excluding hydrogens is 544 g/mol. The fourth-order valence-corrected chi connectivity index (χ4v) is 5.66. The first-order chi connectivity index (χ1) is 18.5. The summed E-state index contributed by atoms with van der Waals surface area (Å²) in [5, 5.41) is 9.82. The molecule has 1 N–H and O–H groups in total. The molecule has 0 aliphatic rings. The highest BCUT2D eigenvalue weighted by Crippen LogP contribution is 2.29. The van der Waals surface area contributed by atoms with Gasteiger partial charge in [-0.05, 0) is 47.8 Å². The van der Waals surface area contributed by atoms with Crippen LogP contribution in [-0.4, -0.2) is 34.5 Å². The fourth-order valence-electron chi connectivity index (χ4n) is 3.93. The molecular formula is C27H23ClN4O4S2. The van der Waals surface area contributed by atoms with Crippen LogP contribution >= 0.6 is 34.3 Å². The summed E-state index contributed by atoms with van der Waals surface area (Å²) in [6.45, 7) is 0.879. The number of pyridine rings is 1. The van der Waals surface area contributed by atoms with E-state index in [4.69, 9.17) is 21.1 Å². The minimum Gasteiger partial charge on any atom is -0.497 e. The zero-order chi connectivity index (χ0) is 26.6. The van der Waals surface area contributed by atoms with Crippen LogP contribution in [0, 0.1) is 0 Å². The summed E-state index contributed by atoms with van der Waals surface area (Å²) in [6.07, 6.45) is 1.75. The molecule has 0 aliphatic heterocycles. The maximum absolute atomic E-state index is 13.7. The summed E-state index contributed by atoms with van der Waals surface area (Å²) in [5.74, 6) is 0.918. The van der Waals surface area contributed by atoms with Crippen LogP contribution in [0.3, 0.4) is 0 Å². The van der Waals surface area contributed by atoms with E-state index in [0.717, 1.165) is 9.75 Å². The van der Waals surface area contributed by atoms with Gasteiger partial charge in [-0.2, -0.15) is 9.78 Å². The number of benzene rings is 1. The Labute approximate surface area is 231 Å². The molecule has 0 bridgehead atoms. The second kappa shape index (κ2) is 11.3. The molecule has 0 spiro atoms. The van der Waals surface area contributed by atoms with Gasteiger partial charge in [-0.3, -0.25) is 9.59 Å². The lowest BCUT2D eigenvalue weighted by atomic mass is 10.1. The smallest absolute Gasteiger partial charge is 0.283 e. The number of aromatic nitrogens is 3. The number of carbonyl (C=O) groups is 1. The third-order valence-corrected chi connectivity index (χ3v) is 7.91. The third-order valence-electron chi connectivity index (χ3n) is 5.82. The van der Waals surface area contributed by atoms with Crippen molar-refractivity contribution in [1.82, 2.24) is 14.3 Å². The van der Waals surface area contributed by atoms with Gasteiger partial charge in [-0.15, -0.1) is 22.7 Å². The number of nitrogens with zero attached hydrogens (tertiary/aromatic N) is 3. The van der Waals surface area contributed by atoms with Crippen molar-refractivity contribution in [2.45, 2.75) is 13.1 Å². The molecule has 1 aromatic carbocycles. The summed E-state index contributed by atoms with van der Waals surface area (Å²) in [6, 6.07) is 17.8. The van der Waals surface area contributed by atoms with Crippen molar-refractivity contribution in [3.8, 4) is 22.8 Å². The molecule has 11 heteroatoms. The second-order valence-corrected chi connectivity index (χ2v) is 11.0. The lowest BCUT2D eigenvalue weighted by Gasteiger charge is -2.12. The summed E-state index contributed by atoms with van der Waals surface area (Å²) in [7, 11) is 3.03. The van der Waals surface area contributed by atoms with E-state index in [1.807, 2.05) is 29.6 Å². The van der Waals surface area contributed by atoms with Gasteiger partial charge in [-0.25, -0.2) is 0 Å². The molecule has 0 saturated heterocycles. The molecule has 194 valence electrons. The SMILES string of the molecule is COc1ccc(C(=O)n2nc(-c3cccn(Cc4cccs4)c3=O)cc2NCc2ccc(Cl)s2)c(OC)c1. The maximum atomic E-state index is 13.7. The first kappa shape index (κ1) is 25.8. The van der Waals surface area contributed by atoms with Crippen molar-refractivity contribution in [1.29, 1.82) is 0 Å². The van der Waals surface area contributed by atoms with Crippen LogP contribution in [0.25, 0.3) is 11.3 Å². The summed E-state index contributed by atoms with van der Waals surface area (Å²) in [5.41, 5.74) is 0.868. The van der Waals surface area contributed by atoms with Crippen LogP contribution in [-0.2, 0) is 13.1 Å². The van der Waals surface area contributed by atoms with Crippen molar-refractivity contribution in [2.75, 3.05) is 19.5 Å². The number of nitrogens with one attached hydrogen (secondary N) is 1. The average molecular weight is 567 g/mol. The standard InChI is InChI=1S/C27H23ClN4O4S2/c1-35-17-7-9-21(23(13-17)36-2)27(34)32-25(29-15-18-8-10-24(28)38-18)14-22(30-32)20-6-3-11-31(26(20)33)16-19-5-4-12-37-19/h3-14,29H,15-16H2,1-2H3. The predicted octanol–water partition coefficient (Wildman–Crippen LogP) is 5.85. The van der Waals surface area contributed by atoms with E-state index in [1.165, 1.54) is 23.1 Å². The Morgan fingerprint density at radius 2 is 1.92 bits per heavy atom. The monoisotopic (exact) mass is 566 g/mol. The van der Waals surface area contributed by atoms with E-state index in [2.05, 4.69) is 10.4 Å². The Balaban J connectivity index is 1.55. The van der Waals surface area contributed by atoms with Gasteiger partial charge in [0.1, 0.15) is 23.0 Å². The average Bonchev–Trinajstić information content (AvgIpc) is 3.69. The van der Waals surface area contributed by atoms with E-state index in [-0.39, 0.29) is 5.56 Å². The van der Waals surface area contributed by atoms with Gasteiger partial charge in [0, 0.05) is 28.1 Å². The normalized spacial score (nSPS) is 10.9. The van der Waals surface area contributed by atoms with Crippen LogP contribution in [0.1, 0.15) is 20.1 Å². The van der Waals surface area contributed by atoms with Gasteiger partial charge in [0.15, 0.2) is 0 Å². The number of hydrogen-bond acceptors (Lipinski definition) is 8. The summed E-state index contributed by atoms with van der Waals surface area (Å²) in [4.78, 5) is 29.1. The van der Waals surface area contributed by atoms with E-state index >= 15 is 0 Å². The molecule has 4 aromatic heterocycles. The van der Waals surface area contributed by atoms with Crippen LogP contribution in [0.4, 0.5) is 5.82 Å². The Hall–Kier alpha value is -3.86. The lowest BCUT2D eigenvalue weighted by molar-refractivity contribution is 0.0944. The molecule has 38 heavy (non-hydrogen) atoms. The van der Waals surface area contributed by atoms with Gasteiger partial charge in [0.2, 0.25) is 0 Å². The number of hydrogen-bond donors (Lipinski definition) is 1. The van der Waals surface area contributed by atoms with Crippen molar-refractivity contribution < 1.29 is 14.3 Å². The molecule has 0 atom stereocenters. The zero-order valence-corrected chi connectivity index (χ0v) is 22.9. The Kier molecular flexibility index (Phi) is 7.64. The van der Waals surface area contributed by atoms with Crippen LogP contribution in [0.5, 0.6) is 11.5 Å². The molecule has 8 nitrogen and oxygen atoms in total. The zero-order valence-electron chi connectivity index (χ0n) is 20.5. The number of thiophene rings is 2. The molecule has 0 unspecified atom stereocenters. The Morgan fingerprint density at radius 1 is 1.05 bits per heavy atom. The van der Waals surface area contributed by atoms with Gasteiger partial charge >= 0.3 is 0 Å². The number of anilines is 1. The Morgan fingerprint density at radius 3 is 2.63 bits per heavy atom. The molecule has 0 saturated carbocycles. The quantitative estimate of drug-likeness (QED) is 0.241. The second-order valence-electron chi connectivity index (χ2n) is 8.19. The number of rotatable bonds is 9. The molecule has 5 aromatic rings. The summed E-state index contributed by atoms with van der Waals surface area (Å²) >= 11 is 9.11.